The van der Waals surface area contributed by atoms with Crippen LogP contribution in [-0.2, 0) is 4.79 Å². The van der Waals surface area contributed by atoms with E-state index in [0.717, 1.165) is 5.56 Å². The minimum absolute atomic E-state index is 0.253. The molecule has 0 aromatic heterocycles. The summed E-state index contributed by atoms with van der Waals surface area (Å²) in [4.78, 5) is 12.2. The highest BCUT2D eigenvalue weighted by Gasteiger charge is 2.08. The Bertz CT molecular complexity index is 801. The van der Waals surface area contributed by atoms with E-state index in [2.05, 4.69) is 5.32 Å². The average molecular weight is 371 g/mol. The van der Waals surface area contributed by atoms with Crippen LogP contribution >= 0.6 is 0 Å². The average Bonchev–Trinajstić information content (AvgIpc) is 2.68. The minimum atomic E-state index is -0.253. The van der Waals surface area contributed by atoms with Crippen molar-refractivity contribution in [2.45, 2.75) is 13.8 Å². The fraction of sp³-hybridized carbons (Fsp3) is 0.286. The molecule has 0 atom stereocenters. The topological polar surface area (TPSA) is 66.0 Å². The van der Waals surface area contributed by atoms with Crippen LogP contribution in [0.2, 0.25) is 0 Å². The van der Waals surface area contributed by atoms with Crippen LogP contribution in [0.5, 0.6) is 23.0 Å². The third kappa shape index (κ3) is 5.67. The van der Waals surface area contributed by atoms with E-state index >= 15 is 0 Å². The molecule has 0 radical (unpaired) electrons. The van der Waals surface area contributed by atoms with Gasteiger partial charge in [-0.2, -0.15) is 0 Å². The molecule has 1 amide bonds. The van der Waals surface area contributed by atoms with E-state index in [4.69, 9.17) is 18.9 Å². The van der Waals surface area contributed by atoms with Gasteiger partial charge in [0.2, 0.25) is 5.91 Å². The summed E-state index contributed by atoms with van der Waals surface area (Å²) in [5.41, 5.74) is 1.45. The maximum Gasteiger partial charge on any atom is 0.248 e. The van der Waals surface area contributed by atoms with Crippen molar-refractivity contribution in [2.75, 3.05) is 32.8 Å². The summed E-state index contributed by atoms with van der Waals surface area (Å²) in [6.07, 6.45) is 3.16. The van der Waals surface area contributed by atoms with Gasteiger partial charge >= 0.3 is 0 Å². The predicted octanol–water partition coefficient (Wildman–Crippen LogP) is 4.15. The lowest BCUT2D eigenvalue weighted by Gasteiger charge is -2.12. The Morgan fingerprint density at radius 2 is 1.56 bits per heavy atom. The molecule has 6 heteroatoms. The van der Waals surface area contributed by atoms with E-state index in [1.54, 1.807) is 50.6 Å². The predicted molar refractivity (Wildman–Crippen MR) is 106 cm³/mol. The Morgan fingerprint density at radius 3 is 2.22 bits per heavy atom. The highest BCUT2D eigenvalue weighted by molar-refractivity contribution is 6.02. The monoisotopic (exact) mass is 371 g/mol. The van der Waals surface area contributed by atoms with Crippen LogP contribution in [0, 0.1) is 0 Å². The van der Waals surface area contributed by atoms with E-state index in [9.17, 15) is 4.79 Å². The quantitative estimate of drug-likeness (QED) is 0.671. The van der Waals surface area contributed by atoms with Gasteiger partial charge in [0.05, 0.1) is 27.4 Å². The lowest BCUT2D eigenvalue weighted by molar-refractivity contribution is -0.111. The molecule has 2 aromatic rings. The zero-order chi connectivity index (χ0) is 19.6. The molecule has 27 heavy (non-hydrogen) atoms. The van der Waals surface area contributed by atoms with E-state index < -0.39 is 0 Å². The van der Waals surface area contributed by atoms with Crippen LogP contribution in [0.1, 0.15) is 19.4 Å². The molecule has 0 heterocycles. The van der Waals surface area contributed by atoms with Crippen LogP contribution in [0.4, 0.5) is 5.69 Å². The zero-order valence-electron chi connectivity index (χ0n) is 16.1. The Hall–Kier alpha value is -3.15. The molecule has 2 aromatic carbocycles. The molecule has 0 bridgehead atoms. The Labute approximate surface area is 159 Å². The van der Waals surface area contributed by atoms with Gasteiger partial charge in [-0.15, -0.1) is 0 Å². The number of anilines is 1. The molecule has 0 aliphatic carbocycles. The van der Waals surface area contributed by atoms with Crippen molar-refractivity contribution >= 4 is 17.7 Å². The van der Waals surface area contributed by atoms with Gasteiger partial charge in [0.15, 0.2) is 23.0 Å². The number of carbonyl (C=O) groups excluding carboxylic acids is 1. The fourth-order valence-electron chi connectivity index (χ4n) is 2.44. The number of methoxy groups -OCH3 is 2. The molecule has 1 N–H and O–H groups in total. The second-order valence-electron chi connectivity index (χ2n) is 5.46. The van der Waals surface area contributed by atoms with E-state index in [1.807, 2.05) is 19.9 Å². The summed E-state index contributed by atoms with van der Waals surface area (Å²) in [6.45, 7) is 4.85. The Balaban J connectivity index is 2.08. The summed E-state index contributed by atoms with van der Waals surface area (Å²) in [6, 6.07) is 10.7. The Kier molecular flexibility index (Phi) is 7.55. The number of benzene rings is 2. The molecule has 0 aliphatic rings. The first-order valence-electron chi connectivity index (χ1n) is 8.72. The highest BCUT2D eigenvalue weighted by atomic mass is 16.5. The van der Waals surface area contributed by atoms with Crippen LogP contribution < -0.4 is 24.3 Å². The molecule has 0 aliphatic heterocycles. The van der Waals surface area contributed by atoms with Crippen molar-refractivity contribution in [2.24, 2.45) is 0 Å². The molecular formula is C21H25NO5. The first kappa shape index (κ1) is 20.2. The molecular weight excluding hydrogens is 346 g/mol. The fourth-order valence-corrected chi connectivity index (χ4v) is 2.44. The SMILES string of the molecule is CCOc1ccc(NC(=O)C=Cc2ccc(OC)c(OC)c2)cc1OCC. The first-order chi connectivity index (χ1) is 13.1. The van der Waals surface area contributed by atoms with E-state index in [1.165, 1.54) is 6.08 Å². The van der Waals surface area contributed by atoms with E-state index in [-0.39, 0.29) is 5.91 Å². The normalized spacial score (nSPS) is 10.5. The number of carbonyl (C=O) groups is 1. The molecule has 0 spiro atoms. The van der Waals surface area contributed by atoms with Gasteiger partial charge in [-0.3, -0.25) is 4.79 Å². The maximum absolute atomic E-state index is 12.2. The van der Waals surface area contributed by atoms with Crippen molar-refractivity contribution in [1.82, 2.24) is 0 Å². The van der Waals surface area contributed by atoms with Gasteiger partial charge in [0.25, 0.3) is 0 Å². The summed E-state index contributed by atoms with van der Waals surface area (Å²) in [5.74, 6) is 2.24. The molecule has 0 fully saturated rings. The van der Waals surface area contributed by atoms with Gasteiger partial charge in [-0.05, 0) is 49.8 Å². The Morgan fingerprint density at radius 1 is 0.889 bits per heavy atom. The number of amides is 1. The number of nitrogens with one attached hydrogen (secondary N) is 1. The molecule has 0 unspecified atom stereocenters. The number of hydrogen-bond donors (Lipinski definition) is 1. The molecule has 144 valence electrons. The molecule has 2 rings (SSSR count). The van der Waals surface area contributed by atoms with Crippen molar-refractivity contribution in [3.63, 3.8) is 0 Å². The van der Waals surface area contributed by atoms with Gasteiger partial charge in [0.1, 0.15) is 0 Å². The second kappa shape index (κ2) is 10.1. The highest BCUT2D eigenvalue weighted by Crippen LogP contribution is 2.31. The number of hydrogen-bond acceptors (Lipinski definition) is 5. The van der Waals surface area contributed by atoms with Crippen LogP contribution in [-0.4, -0.2) is 33.3 Å². The zero-order valence-corrected chi connectivity index (χ0v) is 16.1. The standard InChI is InChI=1S/C21H25NO5/c1-5-26-18-11-9-16(14-20(18)27-6-2)22-21(23)12-8-15-7-10-17(24-3)19(13-15)25-4/h7-14H,5-6H2,1-4H3,(H,22,23). The van der Waals surface area contributed by atoms with Crippen molar-refractivity contribution in [3.8, 4) is 23.0 Å². The third-order valence-electron chi connectivity index (χ3n) is 3.65. The third-order valence-corrected chi connectivity index (χ3v) is 3.65. The smallest absolute Gasteiger partial charge is 0.248 e. The van der Waals surface area contributed by atoms with Crippen molar-refractivity contribution in [1.29, 1.82) is 0 Å². The maximum atomic E-state index is 12.2. The van der Waals surface area contributed by atoms with Crippen LogP contribution in [0.15, 0.2) is 42.5 Å². The largest absolute Gasteiger partial charge is 0.493 e. The molecule has 0 saturated carbocycles. The van der Waals surface area contributed by atoms with Gasteiger partial charge < -0.3 is 24.3 Å². The van der Waals surface area contributed by atoms with Gasteiger partial charge in [-0.25, -0.2) is 0 Å². The van der Waals surface area contributed by atoms with Crippen LogP contribution in [0.25, 0.3) is 6.08 Å². The number of rotatable bonds is 9. The van der Waals surface area contributed by atoms with Crippen molar-refractivity contribution < 1.29 is 23.7 Å². The summed E-state index contributed by atoms with van der Waals surface area (Å²) >= 11 is 0. The lowest BCUT2D eigenvalue weighted by atomic mass is 10.2. The first-order valence-corrected chi connectivity index (χ1v) is 8.72. The summed E-state index contributed by atoms with van der Waals surface area (Å²) < 4.78 is 21.6. The lowest BCUT2D eigenvalue weighted by Crippen LogP contribution is -2.08. The minimum Gasteiger partial charge on any atom is -0.493 e. The van der Waals surface area contributed by atoms with Crippen LogP contribution in [0.3, 0.4) is 0 Å². The van der Waals surface area contributed by atoms with Gasteiger partial charge in [0, 0.05) is 17.8 Å². The molecule has 0 saturated heterocycles. The number of ether oxygens (including phenoxy) is 4. The summed E-state index contributed by atoms with van der Waals surface area (Å²) in [7, 11) is 3.15. The second-order valence-corrected chi connectivity index (χ2v) is 5.46. The molecule has 6 nitrogen and oxygen atoms in total. The van der Waals surface area contributed by atoms with Gasteiger partial charge in [-0.1, -0.05) is 6.07 Å². The van der Waals surface area contributed by atoms with Crippen molar-refractivity contribution in [3.05, 3.63) is 48.0 Å². The summed E-state index contributed by atoms with van der Waals surface area (Å²) in [5, 5.41) is 2.81. The van der Waals surface area contributed by atoms with E-state index in [0.29, 0.717) is 41.9 Å².